The smallest absolute Gasteiger partial charge is 0.223 e. The molecule has 2 heterocycles. The molecule has 0 atom stereocenters. The minimum Gasteiger partial charge on any atom is -0.355 e. The Kier molecular flexibility index (Phi) is 4.94. The molecule has 5 heteroatoms. The largest absolute Gasteiger partial charge is 0.355 e. The molecule has 0 saturated heterocycles. The Bertz CT molecular complexity index is 671. The van der Waals surface area contributed by atoms with Crippen molar-refractivity contribution in [3.63, 3.8) is 0 Å². The van der Waals surface area contributed by atoms with Crippen molar-refractivity contribution in [1.29, 1.82) is 0 Å². The molecule has 1 aliphatic rings. The van der Waals surface area contributed by atoms with Crippen molar-refractivity contribution in [3.8, 4) is 0 Å². The lowest BCUT2D eigenvalue weighted by molar-refractivity contribution is -0.125. The first kappa shape index (κ1) is 16.0. The summed E-state index contributed by atoms with van der Waals surface area (Å²) < 4.78 is 2.17. The van der Waals surface area contributed by atoms with Crippen molar-refractivity contribution in [2.45, 2.75) is 58.4 Å². The van der Waals surface area contributed by atoms with Crippen molar-refractivity contribution in [1.82, 2.24) is 19.9 Å². The van der Waals surface area contributed by atoms with Gasteiger partial charge in [0.05, 0.1) is 0 Å². The monoisotopic (exact) mass is 314 g/mol. The summed E-state index contributed by atoms with van der Waals surface area (Å²) in [6.07, 6.45) is 8.28. The number of rotatable bonds is 5. The first-order valence-electron chi connectivity index (χ1n) is 8.76. The lowest BCUT2D eigenvalue weighted by atomic mass is 9.89. The summed E-state index contributed by atoms with van der Waals surface area (Å²) in [6, 6.07) is 4.21. The van der Waals surface area contributed by atoms with Gasteiger partial charge in [-0.1, -0.05) is 19.3 Å². The Labute approximate surface area is 137 Å². The SMILES string of the molecule is CC(C)n1c(CCNC(=O)C2CCCCC2)nc2cccnc21. The first-order chi connectivity index (χ1) is 11.2. The van der Waals surface area contributed by atoms with Crippen LogP contribution in [0.5, 0.6) is 0 Å². The zero-order chi connectivity index (χ0) is 16.2. The summed E-state index contributed by atoms with van der Waals surface area (Å²) >= 11 is 0. The number of pyridine rings is 1. The fraction of sp³-hybridized carbons (Fsp3) is 0.611. The molecule has 23 heavy (non-hydrogen) atoms. The van der Waals surface area contributed by atoms with Gasteiger partial charge in [-0.25, -0.2) is 9.97 Å². The maximum Gasteiger partial charge on any atom is 0.223 e. The molecule has 1 amide bonds. The number of fused-ring (bicyclic) bond motifs is 1. The van der Waals surface area contributed by atoms with E-state index in [2.05, 4.69) is 28.7 Å². The molecule has 0 radical (unpaired) electrons. The molecule has 2 aromatic heterocycles. The maximum absolute atomic E-state index is 12.2. The van der Waals surface area contributed by atoms with Crippen LogP contribution in [0.25, 0.3) is 11.2 Å². The second-order valence-corrected chi connectivity index (χ2v) is 6.71. The third-order valence-corrected chi connectivity index (χ3v) is 4.66. The highest BCUT2D eigenvalue weighted by Gasteiger charge is 2.21. The van der Waals surface area contributed by atoms with Crippen LogP contribution in [0.1, 0.15) is 57.8 Å². The minimum atomic E-state index is 0.217. The van der Waals surface area contributed by atoms with Gasteiger partial charge in [0.2, 0.25) is 5.91 Å². The van der Waals surface area contributed by atoms with E-state index in [1.165, 1.54) is 19.3 Å². The normalized spacial score (nSPS) is 16.1. The van der Waals surface area contributed by atoms with E-state index in [9.17, 15) is 4.79 Å². The summed E-state index contributed by atoms with van der Waals surface area (Å²) in [6.45, 7) is 4.92. The molecule has 124 valence electrons. The van der Waals surface area contributed by atoms with Gasteiger partial charge >= 0.3 is 0 Å². The Balaban J connectivity index is 1.65. The molecule has 2 aromatic rings. The van der Waals surface area contributed by atoms with E-state index in [0.717, 1.165) is 36.3 Å². The maximum atomic E-state index is 12.2. The molecule has 0 spiro atoms. The number of imidazole rings is 1. The number of nitrogens with zero attached hydrogens (tertiary/aromatic N) is 3. The van der Waals surface area contributed by atoms with Gasteiger partial charge in [0.25, 0.3) is 0 Å². The summed E-state index contributed by atoms with van der Waals surface area (Å²) in [5.74, 6) is 1.43. The van der Waals surface area contributed by atoms with E-state index in [4.69, 9.17) is 4.98 Å². The minimum absolute atomic E-state index is 0.217. The Morgan fingerprint density at radius 1 is 1.35 bits per heavy atom. The van der Waals surface area contributed by atoms with Crippen LogP contribution in [0.2, 0.25) is 0 Å². The highest BCUT2D eigenvalue weighted by atomic mass is 16.1. The molecule has 0 aliphatic heterocycles. The fourth-order valence-electron chi connectivity index (χ4n) is 3.50. The Morgan fingerprint density at radius 2 is 2.13 bits per heavy atom. The van der Waals surface area contributed by atoms with E-state index in [1.807, 2.05) is 12.1 Å². The molecule has 5 nitrogen and oxygen atoms in total. The molecule has 3 rings (SSSR count). The number of amides is 1. The molecule has 0 aromatic carbocycles. The zero-order valence-corrected chi connectivity index (χ0v) is 14.1. The van der Waals surface area contributed by atoms with E-state index in [1.54, 1.807) is 6.20 Å². The van der Waals surface area contributed by atoms with Crippen LogP contribution in [-0.2, 0) is 11.2 Å². The van der Waals surface area contributed by atoms with Gasteiger partial charge in [-0.05, 0) is 38.8 Å². The average Bonchev–Trinajstić information content (AvgIpc) is 2.94. The highest BCUT2D eigenvalue weighted by molar-refractivity contribution is 5.78. The molecular weight excluding hydrogens is 288 g/mol. The second-order valence-electron chi connectivity index (χ2n) is 6.71. The summed E-state index contributed by atoms with van der Waals surface area (Å²) in [5.41, 5.74) is 1.85. The highest BCUT2D eigenvalue weighted by Crippen LogP contribution is 2.23. The molecule has 1 saturated carbocycles. The quantitative estimate of drug-likeness (QED) is 0.921. The lowest BCUT2D eigenvalue weighted by Gasteiger charge is -2.20. The topological polar surface area (TPSA) is 59.8 Å². The Hall–Kier alpha value is -1.91. The number of aromatic nitrogens is 3. The number of nitrogens with one attached hydrogen (secondary N) is 1. The Morgan fingerprint density at radius 3 is 2.87 bits per heavy atom. The average molecular weight is 314 g/mol. The van der Waals surface area contributed by atoms with E-state index >= 15 is 0 Å². The van der Waals surface area contributed by atoms with Gasteiger partial charge in [-0.15, -0.1) is 0 Å². The van der Waals surface area contributed by atoms with Crippen LogP contribution < -0.4 is 5.32 Å². The fourth-order valence-corrected chi connectivity index (χ4v) is 3.50. The number of carbonyl (C=O) groups is 1. The van der Waals surface area contributed by atoms with Crippen LogP contribution in [0.15, 0.2) is 18.3 Å². The van der Waals surface area contributed by atoms with Crippen molar-refractivity contribution in [3.05, 3.63) is 24.2 Å². The lowest BCUT2D eigenvalue weighted by Crippen LogP contribution is -2.33. The molecule has 0 bridgehead atoms. The predicted octanol–water partition coefficient (Wildman–Crippen LogP) is 3.25. The predicted molar refractivity (Wildman–Crippen MR) is 91.2 cm³/mol. The molecule has 1 N–H and O–H groups in total. The van der Waals surface area contributed by atoms with Crippen LogP contribution in [-0.4, -0.2) is 27.0 Å². The first-order valence-corrected chi connectivity index (χ1v) is 8.76. The molecule has 1 fully saturated rings. The van der Waals surface area contributed by atoms with Crippen LogP contribution >= 0.6 is 0 Å². The number of hydrogen-bond donors (Lipinski definition) is 1. The van der Waals surface area contributed by atoms with E-state index in [-0.39, 0.29) is 11.8 Å². The third-order valence-electron chi connectivity index (χ3n) is 4.66. The summed E-state index contributed by atoms with van der Waals surface area (Å²) in [4.78, 5) is 21.4. The van der Waals surface area contributed by atoms with Crippen molar-refractivity contribution in [2.24, 2.45) is 5.92 Å². The summed E-state index contributed by atoms with van der Waals surface area (Å²) in [7, 11) is 0. The van der Waals surface area contributed by atoms with Crippen LogP contribution in [0.3, 0.4) is 0 Å². The van der Waals surface area contributed by atoms with Crippen LogP contribution in [0, 0.1) is 5.92 Å². The van der Waals surface area contributed by atoms with Gasteiger partial charge in [-0.3, -0.25) is 4.79 Å². The number of carbonyl (C=O) groups excluding carboxylic acids is 1. The number of hydrogen-bond acceptors (Lipinski definition) is 3. The van der Waals surface area contributed by atoms with Gasteiger partial charge in [0.15, 0.2) is 5.65 Å². The van der Waals surface area contributed by atoms with Crippen LogP contribution in [0.4, 0.5) is 0 Å². The second kappa shape index (κ2) is 7.11. The summed E-state index contributed by atoms with van der Waals surface area (Å²) in [5, 5.41) is 3.10. The van der Waals surface area contributed by atoms with Gasteiger partial charge < -0.3 is 9.88 Å². The van der Waals surface area contributed by atoms with Crippen molar-refractivity contribution < 1.29 is 4.79 Å². The molecule has 1 aliphatic carbocycles. The van der Waals surface area contributed by atoms with Gasteiger partial charge in [0, 0.05) is 31.1 Å². The zero-order valence-electron chi connectivity index (χ0n) is 14.1. The van der Waals surface area contributed by atoms with Crippen molar-refractivity contribution in [2.75, 3.05) is 6.54 Å². The van der Waals surface area contributed by atoms with Crippen molar-refractivity contribution >= 4 is 17.1 Å². The standard InChI is InChI=1S/C18H26N4O/c1-13(2)22-16(21-15-9-6-11-19-17(15)22)10-12-20-18(23)14-7-4-3-5-8-14/h6,9,11,13-14H,3-5,7-8,10,12H2,1-2H3,(H,20,23). The van der Waals surface area contributed by atoms with Gasteiger partial charge in [0.1, 0.15) is 11.3 Å². The molecular formula is C18H26N4O. The van der Waals surface area contributed by atoms with E-state index in [0.29, 0.717) is 12.6 Å². The van der Waals surface area contributed by atoms with Gasteiger partial charge in [-0.2, -0.15) is 0 Å². The third kappa shape index (κ3) is 3.54. The van der Waals surface area contributed by atoms with E-state index < -0.39 is 0 Å². The molecule has 0 unspecified atom stereocenters.